The van der Waals surface area contributed by atoms with Gasteiger partial charge in [-0.05, 0) is 25.5 Å². The van der Waals surface area contributed by atoms with Crippen LogP contribution in [0, 0.1) is 0 Å². The summed E-state index contributed by atoms with van der Waals surface area (Å²) < 4.78 is 0.757. The van der Waals surface area contributed by atoms with Gasteiger partial charge < -0.3 is 15.5 Å². The molecule has 1 aliphatic rings. The molecule has 1 aromatic carbocycles. The largest absolute Gasteiger partial charge is 0.360 e. The highest BCUT2D eigenvalue weighted by Crippen LogP contribution is 2.33. The number of amides is 2. The summed E-state index contributed by atoms with van der Waals surface area (Å²) in [5.41, 5.74) is 1.41. The number of benzene rings is 1. The number of para-hydroxylation sites is 2. The van der Waals surface area contributed by atoms with E-state index in [0.29, 0.717) is 5.69 Å². The molecule has 2 heterocycles. The van der Waals surface area contributed by atoms with E-state index in [-0.39, 0.29) is 30.0 Å². The number of carbonyl (C=O) groups is 2. The number of thioether (sulfide) groups is 1. The van der Waals surface area contributed by atoms with Crippen LogP contribution in [-0.2, 0) is 9.59 Å². The van der Waals surface area contributed by atoms with Crippen molar-refractivity contribution in [2.75, 3.05) is 27.8 Å². The number of unbranched alkanes of at least 4 members (excludes halogenated alkanes) is 1. The van der Waals surface area contributed by atoms with Gasteiger partial charge in [-0.2, -0.15) is 0 Å². The second-order valence-electron chi connectivity index (χ2n) is 6.32. The number of hydrogen-bond acceptors (Lipinski definition) is 7. The van der Waals surface area contributed by atoms with Gasteiger partial charge >= 0.3 is 0 Å². The number of aromatic nitrogens is 2. The predicted molar refractivity (Wildman–Crippen MR) is 111 cm³/mol. The van der Waals surface area contributed by atoms with Crippen LogP contribution in [0.15, 0.2) is 28.6 Å². The lowest BCUT2D eigenvalue weighted by atomic mass is 10.2. The van der Waals surface area contributed by atoms with Crippen LogP contribution in [0.25, 0.3) is 0 Å². The third-order valence-corrected chi connectivity index (χ3v) is 6.16. The van der Waals surface area contributed by atoms with Crippen molar-refractivity contribution in [3.63, 3.8) is 0 Å². The van der Waals surface area contributed by atoms with Crippen molar-refractivity contribution in [2.45, 2.75) is 43.5 Å². The second kappa shape index (κ2) is 9.18. The van der Waals surface area contributed by atoms with Crippen molar-refractivity contribution in [1.29, 1.82) is 0 Å². The summed E-state index contributed by atoms with van der Waals surface area (Å²) >= 11 is 2.83. The van der Waals surface area contributed by atoms with Crippen LogP contribution in [0.4, 0.5) is 16.5 Å². The third-order valence-electron chi connectivity index (χ3n) is 4.16. The summed E-state index contributed by atoms with van der Waals surface area (Å²) in [4.78, 5) is 26.7. The molecule has 0 saturated heterocycles. The summed E-state index contributed by atoms with van der Waals surface area (Å²) in [6.07, 6.45) is 2.48. The van der Waals surface area contributed by atoms with Crippen LogP contribution in [0.3, 0.4) is 0 Å². The molecule has 2 aromatic rings. The molecule has 2 amide bonds. The van der Waals surface area contributed by atoms with Gasteiger partial charge in [0.05, 0.1) is 17.1 Å². The molecule has 0 saturated carbocycles. The Morgan fingerprint density at radius 2 is 2.22 bits per heavy atom. The predicted octanol–water partition coefficient (Wildman–Crippen LogP) is 3.61. The lowest BCUT2D eigenvalue weighted by molar-refractivity contribution is -0.117. The Bertz CT molecular complexity index is 811. The Balaban J connectivity index is 1.66. The lowest BCUT2D eigenvalue weighted by Crippen LogP contribution is -2.40. The van der Waals surface area contributed by atoms with Crippen molar-refractivity contribution in [3.05, 3.63) is 24.3 Å². The normalized spacial score (nSPS) is 16.4. The molecule has 7 nitrogen and oxygen atoms in total. The molecule has 3 rings (SSSR count). The Kier molecular flexibility index (Phi) is 6.68. The quantitative estimate of drug-likeness (QED) is 0.541. The molecule has 144 valence electrons. The number of anilines is 3. The number of hydrogen-bond donors (Lipinski definition) is 2. The van der Waals surface area contributed by atoms with E-state index in [1.807, 2.05) is 31.2 Å². The first-order valence-electron chi connectivity index (χ1n) is 8.99. The van der Waals surface area contributed by atoms with Crippen LogP contribution >= 0.6 is 23.1 Å². The van der Waals surface area contributed by atoms with E-state index in [1.54, 1.807) is 4.90 Å². The molecule has 2 N–H and O–H groups in total. The molecule has 0 fully saturated rings. The molecular formula is C18H23N5O2S2. The molecule has 27 heavy (non-hydrogen) atoms. The van der Waals surface area contributed by atoms with Crippen molar-refractivity contribution < 1.29 is 9.59 Å². The lowest BCUT2D eigenvalue weighted by Gasteiger charge is -2.27. The average molecular weight is 406 g/mol. The highest BCUT2D eigenvalue weighted by Gasteiger charge is 2.29. The van der Waals surface area contributed by atoms with E-state index in [2.05, 4.69) is 27.8 Å². The van der Waals surface area contributed by atoms with Crippen molar-refractivity contribution in [3.8, 4) is 0 Å². The first kappa shape index (κ1) is 19.6. The van der Waals surface area contributed by atoms with Gasteiger partial charge in [0.25, 0.3) is 0 Å². The van der Waals surface area contributed by atoms with Crippen molar-refractivity contribution in [1.82, 2.24) is 10.2 Å². The van der Waals surface area contributed by atoms with Gasteiger partial charge in [0.2, 0.25) is 16.9 Å². The smallest absolute Gasteiger partial charge is 0.237 e. The van der Waals surface area contributed by atoms with Crippen LogP contribution in [0.5, 0.6) is 0 Å². The Morgan fingerprint density at radius 1 is 1.41 bits per heavy atom. The van der Waals surface area contributed by atoms with Crippen LogP contribution in [0.2, 0.25) is 0 Å². The van der Waals surface area contributed by atoms with Crippen LogP contribution in [-0.4, -0.2) is 40.4 Å². The monoisotopic (exact) mass is 405 g/mol. The standard InChI is InChI=1S/C18H23N5O2S2/c1-3-4-9-19-17-21-22-18(27-17)26-11-16(25)23-12(2)10-15(24)20-13-7-5-6-8-14(13)23/h5-8,12H,3-4,9-11H2,1-2H3,(H,19,21)(H,20,24)/t12-/m0/s1. The molecule has 0 aliphatic carbocycles. The SMILES string of the molecule is CCCCNc1nnc(SCC(=O)N2c3ccccc3NC(=O)C[C@@H]2C)s1. The molecule has 1 aliphatic heterocycles. The van der Waals surface area contributed by atoms with Crippen molar-refractivity contribution in [2.24, 2.45) is 0 Å². The number of nitrogens with zero attached hydrogens (tertiary/aromatic N) is 3. The maximum Gasteiger partial charge on any atom is 0.237 e. The number of carbonyl (C=O) groups excluding carboxylic acids is 2. The summed E-state index contributed by atoms with van der Waals surface area (Å²) in [6, 6.07) is 7.19. The Morgan fingerprint density at radius 3 is 3.04 bits per heavy atom. The fourth-order valence-corrected chi connectivity index (χ4v) is 4.51. The third kappa shape index (κ3) is 4.98. The highest BCUT2D eigenvalue weighted by molar-refractivity contribution is 8.01. The number of nitrogens with one attached hydrogen (secondary N) is 2. The molecule has 1 aromatic heterocycles. The second-order valence-corrected chi connectivity index (χ2v) is 8.52. The molecular weight excluding hydrogens is 382 g/mol. The minimum Gasteiger partial charge on any atom is -0.360 e. The van der Waals surface area contributed by atoms with Gasteiger partial charge in [-0.25, -0.2) is 0 Å². The van der Waals surface area contributed by atoms with E-state index in [9.17, 15) is 9.59 Å². The fourth-order valence-electron chi connectivity index (χ4n) is 2.87. The maximum atomic E-state index is 12.9. The molecule has 9 heteroatoms. The van der Waals surface area contributed by atoms with E-state index in [1.165, 1.54) is 23.1 Å². The summed E-state index contributed by atoms with van der Waals surface area (Å²) in [5, 5.41) is 15.1. The van der Waals surface area contributed by atoms with Crippen LogP contribution in [0.1, 0.15) is 33.1 Å². The minimum absolute atomic E-state index is 0.0489. The first-order valence-corrected chi connectivity index (χ1v) is 10.8. The van der Waals surface area contributed by atoms with Gasteiger partial charge in [0.15, 0.2) is 4.34 Å². The zero-order chi connectivity index (χ0) is 19.2. The van der Waals surface area contributed by atoms with E-state index in [0.717, 1.165) is 34.5 Å². The van der Waals surface area contributed by atoms with E-state index in [4.69, 9.17) is 0 Å². The molecule has 0 bridgehead atoms. The zero-order valence-corrected chi connectivity index (χ0v) is 17.0. The molecule has 0 unspecified atom stereocenters. The molecule has 0 spiro atoms. The van der Waals surface area contributed by atoms with E-state index < -0.39 is 0 Å². The maximum absolute atomic E-state index is 12.9. The fraction of sp³-hybridized carbons (Fsp3) is 0.444. The number of fused-ring (bicyclic) bond motifs is 1. The summed E-state index contributed by atoms with van der Waals surface area (Å²) in [5.74, 6) is 0.119. The van der Waals surface area contributed by atoms with Gasteiger partial charge in [0.1, 0.15) is 0 Å². The Hall–Kier alpha value is -2.13. The van der Waals surface area contributed by atoms with E-state index >= 15 is 0 Å². The number of rotatable bonds is 7. The topological polar surface area (TPSA) is 87.2 Å². The van der Waals surface area contributed by atoms with Gasteiger partial charge in [0, 0.05) is 19.0 Å². The summed E-state index contributed by atoms with van der Waals surface area (Å²) in [7, 11) is 0. The Labute approximate surface area is 166 Å². The summed E-state index contributed by atoms with van der Waals surface area (Å²) in [6.45, 7) is 4.91. The van der Waals surface area contributed by atoms with Gasteiger partial charge in [-0.15, -0.1) is 10.2 Å². The van der Waals surface area contributed by atoms with Gasteiger partial charge in [-0.3, -0.25) is 9.59 Å². The van der Waals surface area contributed by atoms with Crippen LogP contribution < -0.4 is 15.5 Å². The minimum atomic E-state index is -0.206. The van der Waals surface area contributed by atoms with Gasteiger partial charge in [-0.1, -0.05) is 48.6 Å². The molecule has 0 radical (unpaired) electrons. The average Bonchev–Trinajstić information content (AvgIpc) is 3.04. The van der Waals surface area contributed by atoms with Crippen molar-refractivity contribution >= 4 is 51.4 Å². The highest BCUT2D eigenvalue weighted by atomic mass is 32.2. The molecule has 1 atom stereocenters. The zero-order valence-electron chi connectivity index (χ0n) is 15.4. The first-order chi connectivity index (χ1) is 13.1.